The molecule has 1 aliphatic rings. The standard InChI is InChI=1S/C19H18Cl2N4OS/c1-19(7-8-27-18(22)25-19)13-4-2-3-12(9-13)15(21)10-17(26)24-16-6-5-14(20)11-23-16/h2-6,9-11H,7-8H2,1H3,(H2,22,25)(H,23,24,26)/b15-10-. The molecule has 0 aliphatic carbocycles. The first-order chi connectivity index (χ1) is 12.9. The fourth-order valence-corrected chi connectivity index (χ4v) is 4.01. The Morgan fingerprint density at radius 3 is 2.89 bits per heavy atom. The van der Waals surface area contributed by atoms with E-state index in [1.165, 1.54) is 12.3 Å². The number of nitrogens with one attached hydrogen (secondary N) is 1. The number of hydrogen-bond acceptors (Lipinski definition) is 5. The van der Waals surface area contributed by atoms with Gasteiger partial charge in [-0.1, -0.05) is 53.2 Å². The summed E-state index contributed by atoms with van der Waals surface area (Å²) in [5.74, 6) is 0.939. The maximum Gasteiger partial charge on any atom is 0.251 e. The summed E-state index contributed by atoms with van der Waals surface area (Å²) in [5, 5.41) is 4.06. The molecule has 1 aromatic carbocycles. The number of aliphatic imine (C=N–C) groups is 1. The Morgan fingerprint density at radius 2 is 2.19 bits per heavy atom. The minimum atomic E-state index is -0.391. The van der Waals surface area contributed by atoms with Crippen LogP contribution in [-0.2, 0) is 10.3 Å². The number of pyridine rings is 1. The van der Waals surface area contributed by atoms with Crippen molar-refractivity contribution in [2.24, 2.45) is 10.7 Å². The van der Waals surface area contributed by atoms with Gasteiger partial charge in [-0.25, -0.2) is 4.98 Å². The molecule has 5 nitrogen and oxygen atoms in total. The van der Waals surface area contributed by atoms with Gasteiger partial charge in [-0.05, 0) is 42.7 Å². The van der Waals surface area contributed by atoms with Crippen molar-refractivity contribution in [1.29, 1.82) is 0 Å². The van der Waals surface area contributed by atoms with Gasteiger partial charge in [-0.3, -0.25) is 9.79 Å². The molecule has 2 aromatic rings. The minimum absolute atomic E-state index is 0.328. The first-order valence-corrected chi connectivity index (χ1v) is 9.99. The zero-order chi connectivity index (χ0) is 19.4. The van der Waals surface area contributed by atoms with Crippen molar-refractivity contribution < 1.29 is 4.79 Å². The van der Waals surface area contributed by atoms with Gasteiger partial charge in [0.15, 0.2) is 5.17 Å². The van der Waals surface area contributed by atoms with E-state index in [4.69, 9.17) is 28.9 Å². The van der Waals surface area contributed by atoms with Crippen LogP contribution >= 0.6 is 35.0 Å². The number of nitrogens with two attached hydrogens (primary N) is 1. The zero-order valence-corrected chi connectivity index (χ0v) is 16.9. The Morgan fingerprint density at radius 1 is 1.37 bits per heavy atom. The van der Waals surface area contributed by atoms with Crippen molar-refractivity contribution in [3.05, 3.63) is 64.8 Å². The Hall–Kier alpha value is -2.02. The molecule has 0 spiro atoms. The Bertz CT molecular complexity index is 914. The number of halogens is 2. The smallest absolute Gasteiger partial charge is 0.251 e. The van der Waals surface area contributed by atoms with Crippen molar-refractivity contribution in [1.82, 2.24) is 4.98 Å². The number of amides is 1. The summed E-state index contributed by atoms with van der Waals surface area (Å²) < 4.78 is 0. The van der Waals surface area contributed by atoms with Gasteiger partial charge >= 0.3 is 0 Å². The lowest BCUT2D eigenvalue weighted by atomic mass is 9.89. The first kappa shape index (κ1) is 19.7. The highest BCUT2D eigenvalue weighted by molar-refractivity contribution is 8.13. The van der Waals surface area contributed by atoms with Gasteiger partial charge in [0.1, 0.15) is 5.82 Å². The monoisotopic (exact) mass is 420 g/mol. The number of benzene rings is 1. The van der Waals surface area contributed by atoms with E-state index in [0.29, 0.717) is 21.0 Å². The highest BCUT2D eigenvalue weighted by Gasteiger charge is 2.29. The van der Waals surface area contributed by atoms with Crippen molar-refractivity contribution in [3.63, 3.8) is 0 Å². The average molecular weight is 421 g/mol. The van der Waals surface area contributed by atoms with Crippen LogP contribution in [0.1, 0.15) is 24.5 Å². The molecule has 140 valence electrons. The van der Waals surface area contributed by atoms with Crippen LogP contribution in [0.2, 0.25) is 5.02 Å². The third-order valence-corrected chi connectivity index (χ3v) is 5.54. The molecule has 27 heavy (non-hydrogen) atoms. The SMILES string of the molecule is CC1(c2cccc(/C(Cl)=C/C(=O)Nc3ccc(Cl)cn3)c2)CCSC(N)=N1. The normalized spacial score (nSPS) is 20.1. The molecule has 0 radical (unpaired) electrons. The van der Waals surface area contributed by atoms with E-state index >= 15 is 0 Å². The van der Waals surface area contributed by atoms with Crippen molar-refractivity contribution in [2.45, 2.75) is 18.9 Å². The number of nitrogens with zero attached hydrogens (tertiary/aromatic N) is 2. The predicted octanol–water partition coefficient (Wildman–Crippen LogP) is 4.62. The van der Waals surface area contributed by atoms with Crippen LogP contribution in [-0.4, -0.2) is 21.8 Å². The van der Waals surface area contributed by atoms with E-state index < -0.39 is 5.54 Å². The van der Waals surface area contributed by atoms with E-state index in [2.05, 4.69) is 22.2 Å². The van der Waals surface area contributed by atoms with Crippen LogP contribution in [0.4, 0.5) is 5.82 Å². The molecular weight excluding hydrogens is 403 g/mol. The van der Waals surface area contributed by atoms with Gasteiger partial charge in [0.25, 0.3) is 5.91 Å². The number of amidine groups is 1. The number of hydrogen-bond donors (Lipinski definition) is 2. The van der Waals surface area contributed by atoms with E-state index in [1.54, 1.807) is 23.9 Å². The minimum Gasteiger partial charge on any atom is -0.379 e. The molecule has 0 fully saturated rings. The van der Waals surface area contributed by atoms with Gasteiger partial charge in [-0.2, -0.15) is 0 Å². The summed E-state index contributed by atoms with van der Waals surface area (Å²) in [6, 6.07) is 11.0. The van der Waals surface area contributed by atoms with Gasteiger partial charge in [0, 0.05) is 18.0 Å². The summed E-state index contributed by atoms with van der Waals surface area (Å²) in [6.07, 6.45) is 3.67. The lowest BCUT2D eigenvalue weighted by Gasteiger charge is -2.30. The third kappa shape index (κ3) is 5.03. The molecule has 0 saturated heterocycles. The van der Waals surface area contributed by atoms with Gasteiger partial charge < -0.3 is 11.1 Å². The van der Waals surface area contributed by atoms with Crippen LogP contribution in [0.3, 0.4) is 0 Å². The maximum absolute atomic E-state index is 12.2. The number of carbonyl (C=O) groups is 1. The molecule has 1 unspecified atom stereocenters. The molecule has 1 aliphatic heterocycles. The average Bonchev–Trinajstić information content (AvgIpc) is 2.63. The fraction of sp³-hybridized carbons (Fsp3) is 0.211. The molecular formula is C19H18Cl2N4OS. The third-order valence-electron chi connectivity index (χ3n) is 4.19. The number of thioether (sulfide) groups is 1. The predicted molar refractivity (Wildman–Crippen MR) is 114 cm³/mol. The number of aromatic nitrogens is 1. The Kier molecular flexibility index (Phi) is 6.09. The maximum atomic E-state index is 12.2. The topological polar surface area (TPSA) is 80.4 Å². The van der Waals surface area contributed by atoms with Crippen molar-refractivity contribution in [3.8, 4) is 0 Å². The fourth-order valence-electron chi connectivity index (χ4n) is 2.71. The zero-order valence-electron chi connectivity index (χ0n) is 14.6. The molecule has 0 saturated carbocycles. The van der Waals surface area contributed by atoms with E-state index in [1.807, 2.05) is 24.3 Å². The van der Waals surface area contributed by atoms with Gasteiger partial charge in [0.05, 0.1) is 15.6 Å². The molecule has 2 heterocycles. The molecule has 0 bridgehead atoms. The van der Waals surface area contributed by atoms with E-state index in [9.17, 15) is 4.79 Å². The van der Waals surface area contributed by atoms with Crippen LogP contribution in [0.25, 0.3) is 5.03 Å². The van der Waals surface area contributed by atoms with Crippen LogP contribution in [0.15, 0.2) is 53.7 Å². The summed E-state index contributed by atoms with van der Waals surface area (Å²) in [7, 11) is 0. The highest BCUT2D eigenvalue weighted by atomic mass is 35.5. The van der Waals surface area contributed by atoms with E-state index in [-0.39, 0.29) is 5.91 Å². The number of rotatable bonds is 4. The van der Waals surface area contributed by atoms with Crippen LogP contribution < -0.4 is 11.1 Å². The molecule has 1 atom stereocenters. The molecule has 3 N–H and O–H groups in total. The second kappa shape index (κ2) is 8.33. The lowest BCUT2D eigenvalue weighted by Crippen LogP contribution is -2.28. The molecule has 1 aromatic heterocycles. The number of carbonyl (C=O) groups excluding carboxylic acids is 1. The van der Waals surface area contributed by atoms with Crippen LogP contribution in [0, 0.1) is 0 Å². The largest absolute Gasteiger partial charge is 0.379 e. The highest BCUT2D eigenvalue weighted by Crippen LogP contribution is 2.36. The summed E-state index contributed by atoms with van der Waals surface area (Å²) in [6.45, 7) is 2.05. The quantitative estimate of drug-likeness (QED) is 0.706. The molecule has 1 amide bonds. The van der Waals surface area contributed by atoms with E-state index in [0.717, 1.165) is 23.3 Å². The first-order valence-electron chi connectivity index (χ1n) is 8.24. The van der Waals surface area contributed by atoms with Gasteiger partial charge in [0.2, 0.25) is 0 Å². The van der Waals surface area contributed by atoms with Gasteiger partial charge in [-0.15, -0.1) is 0 Å². The summed E-state index contributed by atoms with van der Waals surface area (Å²) >= 11 is 13.7. The summed E-state index contributed by atoms with van der Waals surface area (Å²) in [4.78, 5) is 20.8. The lowest BCUT2D eigenvalue weighted by molar-refractivity contribution is -0.111. The van der Waals surface area contributed by atoms with Crippen molar-refractivity contribution >= 4 is 56.9 Å². The second-order valence-corrected chi connectivity index (χ2v) is 8.21. The summed E-state index contributed by atoms with van der Waals surface area (Å²) in [5.41, 5.74) is 7.26. The molecule has 3 rings (SSSR count). The molecule has 8 heteroatoms. The number of anilines is 1. The van der Waals surface area contributed by atoms with Crippen LogP contribution in [0.5, 0.6) is 0 Å². The van der Waals surface area contributed by atoms with Crippen molar-refractivity contribution in [2.75, 3.05) is 11.1 Å². The Labute approximate surface area is 172 Å². The Balaban J connectivity index is 1.79. The second-order valence-electron chi connectivity index (χ2n) is 6.25.